The molecule has 3 heteroatoms. The van der Waals surface area contributed by atoms with Crippen LogP contribution >= 0.6 is 0 Å². The molecule has 0 amide bonds. The summed E-state index contributed by atoms with van der Waals surface area (Å²) in [5.74, 6) is 0. The molecule has 0 aliphatic heterocycles. The first-order valence-electron chi connectivity index (χ1n) is 7.23. The van der Waals surface area contributed by atoms with Crippen LogP contribution in [-0.2, 0) is 6.54 Å². The first kappa shape index (κ1) is 13.6. The Kier molecular flexibility index (Phi) is 3.84. The Labute approximate surface area is 125 Å². The van der Waals surface area contributed by atoms with E-state index in [0.717, 1.165) is 17.9 Å². The molecular weight excluding hydrogens is 258 g/mol. The van der Waals surface area contributed by atoms with Crippen molar-refractivity contribution in [1.29, 1.82) is 0 Å². The summed E-state index contributed by atoms with van der Waals surface area (Å²) in [5.41, 5.74) is 8.96. The lowest BCUT2D eigenvalue weighted by Gasteiger charge is -2.25. The summed E-state index contributed by atoms with van der Waals surface area (Å²) >= 11 is 0. The van der Waals surface area contributed by atoms with Crippen LogP contribution in [0.25, 0.3) is 10.8 Å². The second-order valence-corrected chi connectivity index (χ2v) is 4.95. The third-order valence-corrected chi connectivity index (χ3v) is 3.69. The molecule has 2 N–H and O–H groups in total. The second kappa shape index (κ2) is 5.94. The van der Waals surface area contributed by atoms with E-state index in [9.17, 15) is 0 Å². The molecule has 0 radical (unpaired) electrons. The molecule has 0 unspecified atom stereocenters. The molecular formula is C18H19N3. The van der Waals surface area contributed by atoms with Crippen molar-refractivity contribution in [2.45, 2.75) is 13.5 Å². The molecule has 0 aliphatic carbocycles. The number of nitrogens with two attached hydrogens (primary N) is 1. The molecule has 0 atom stereocenters. The van der Waals surface area contributed by atoms with Crippen LogP contribution in [-0.4, -0.2) is 11.5 Å². The van der Waals surface area contributed by atoms with E-state index in [2.05, 4.69) is 65.3 Å². The molecule has 1 aromatic heterocycles. The Morgan fingerprint density at radius 2 is 1.86 bits per heavy atom. The van der Waals surface area contributed by atoms with Crippen molar-refractivity contribution < 1.29 is 0 Å². The van der Waals surface area contributed by atoms with Gasteiger partial charge >= 0.3 is 0 Å². The monoisotopic (exact) mass is 277 g/mol. The number of nitrogens with zero attached hydrogens (tertiary/aromatic N) is 2. The molecule has 3 rings (SSSR count). The van der Waals surface area contributed by atoms with Gasteiger partial charge in [-0.1, -0.05) is 36.4 Å². The van der Waals surface area contributed by atoms with Crippen molar-refractivity contribution in [2.75, 3.05) is 11.4 Å². The highest BCUT2D eigenvalue weighted by atomic mass is 15.1. The Morgan fingerprint density at radius 3 is 2.67 bits per heavy atom. The van der Waals surface area contributed by atoms with E-state index in [-0.39, 0.29) is 0 Å². The van der Waals surface area contributed by atoms with Gasteiger partial charge in [-0.25, -0.2) is 0 Å². The van der Waals surface area contributed by atoms with Gasteiger partial charge in [0.25, 0.3) is 0 Å². The standard InChI is InChI=1S/C18H19N3/c1-2-21(16-10-11-20-15(12-16)13-19)18-9-5-7-14-6-3-4-8-17(14)18/h3-12H,2,13,19H2,1H3. The molecule has 0 aliphatic rings. The Balaban J connectivity index is 2.13. The van der Waals surface area contributed by atoms with Gasteiger partial charge in [-0.2, -0.15) is 0 Å². The lowest BCUT2D eigenvalue weighted by atomic mass is 10.1. The van der Waals surface area contributed by atoms with Crippen molar-refractivity contribution in [3.63, 3.8) is 0 Å². The van der Waals surface area contributed by atoms with E-state index in [1.807, 2.05) is 12.3 Å². The van der Waals surface area contributed by atoms with Gasteiger partial charge in [-0.05, 0) is 30.5 Å². The highest BCUT2D eigenvalue weighted by molar-refractivity contribution is 5.96. The minimum atomic E-state index is 0.459. The lowest BCUT2D eigenvalue weighted by molar-refractivity contribution is 0.970. The number of hydrogen-bond donors (Lipinski definition) is 1. The minimum Gasteiger partial charge on any atom is -0.341 e. The van der Waals surface area contributed by atoms with Crippen molar-refractivity contribution >= 4 is 22.1 Å². The molecule has 1 heterocycles. The molecule has 0 fully saturated rings. The van der Waals surface area contributed by atoms with Gasteiger partial charge in [0.1, 0.15) is 0 Å². The number of benzene rings is 2. The Morgan fingerprint density at radius 1 is 1.05 bits per heavy atom. The van der Waals surface area contributed by atoms with Crippen LogP contribution in [0.5, 0.6) is 0 Å². The summed E-state index contributed by atoms with van der Waals surface area (Å²) in [6.07, 6.45) is 1.82. The highest BCUT2D eigenvalue weighted by Crippen LogP contribution is 2.32. The quantitative estimate of drug-likeness (QED) is 0.787. The van der Waals surface area contributed by atoms with Crippen LogP contribution in [0.4, 0.5) is 11.4 Å². The van der Waals surface area contributed by atoms with E-state index >= 15 is 0 Å². The Hall–Kier alpha value is -2.39. The van der Waals surface area contributed by atoms with Crippen LogP contribution in [0, 0.1) is 0 Å². The molecule has 0 bridgehead atoms. The summed E-state index contributed by atoms with van der Waals surface area (Å²) in [6, 6.07) is 19.0. The van der Waals surface area contributed by atoms with Crippen LogP contribution in [0.2, 0.25) is 0 Å². The predicted molar refractivity (Wildman–Crippen MR) is 88.8 cm³/mol. The van der Waals surface area contributed by atoms with Crippen LogP contribution in [0.15, 0.2) is 60.8 Å². The maximum Gasteiger partial charge on any atom is 0.0560 e. The topological polar surface area (TPSA) is 42.2 Å². The Bertz CT molecular complexity index is 747. The first-order chi connectivity index (χ1) is 10.3. The predicted octanol–water partition coefficient (Wildman–Crippen LogP) is 3.85. The first-order valence-corrected chi connectivity index (χ1v) is 7.23. The molecule has 0 spiro atoms. The molecule has 0 saturated heterocycles. The van der Waals surface area contributed by atoms with Gasteiger partial charge in [0.2, 0.25) is 0 Å². The average Bonchev–Trinajstić information content (AvgIpc) is 2.56. The van der Waals surface area contributed by atoms with Crippen LogP contribution in [0.3, 0.4) is 0 Å². The molecule has 3 aromatic rings. The number of hydrogen-bond acceptors (Lipinski definition) is 3. The smallest absolute Gasteiger partial charge is 0.0560 e. The fourth-order valence-electron chi connectivity index (χ4n) is 2.68. The molecule has 106 valence electrons. The third kappa shape index (κ3) is 2.60. The number of fused-ring (bicyclic) bond motifs is 1. The fraction of sp³-hybridized carbons (Fsp3) is 0.167. The van der Waals surface area contributed by atoms with E-state index < -0.39 is 0 Å². The molecule has 21 heavy (non-hydrogen) atoms. The van der Waals surface area contributed by atoms with E-state index in [1.54, 1.807) is 0 Å². The van der Waals surface area contributed by atoms with Crippen molar-refractivity contribution in [3.05, 3.63) is 66.5 Å². The zero-order chi connectivity index (χ0) is 14.7. The van der Waals surface area contributed by atoms with Gasteiger partial charge in [-0.15, -0.1) is 0 Å². The van der Waals surface area contributed by atoms with Gasteiger partial charge < -0.3 is 10.6 Å². The van der Waals surface area contributed by atoms with Crippen LogP contribution < -0.4 is 10.6 Å². The number of anilines is 2. The van der Waals surface area contributed by atoms with Gasteiger partial charge in [-0.3, -0.25) is 4.98 Å². The van der Waals surface area contributed by atoms with E-state index in [0.29, 0.717) is 6.54 Å². The molecule has 0 saturated carbocycles. The average molecular weight is 277 g/mol. The van der Waals surface area contributed by atoms with Crippen molar-refractivity contribution in [1.82, 2.24) is 4.98 Å². The number of pyridine rings is 1. The van der Waals surface area contributed by atoms with E-state index in [4.69, 9.17) is 5.73 Å². The minimum absolute atomic E-state index is 0.459. The van der Waals surface area contributed by atoms with Crippen molar-refractivity contribution in [2.24, 2.45) is 5.73 Å². The largest absolute Gasteiger partial charge is 0.341 e. The second-order valence-electron chi connectivity index (χ2n) is 4.95. The van der Waals surface area contributed by atoms with Gasteiger partial charge in [0, 0.05) is 36.0 Å². The van der Waals surface area contributed by atoms with E-state index in [1.165, 1.54) is 16.5 Å². The summed E-state index contributed by atoms with van der Waals surface area (Å²) in [5, 5.41) is 2.51. The zero-order valence-electron chi connectivity index (χ0n) is 12.2. The maximum absolute atomic E-state index is 5.71. The van der Waals surface area contributed by atoms with Crippen molar-refractivity contribution in [3.8, 4) is 0 Å². The van der Waals surface area contributed by atoms with Crippen LogP contribution in [0.1, 0.15) is 12.6 Å². The molecule has 2 aromatic carbocycles. The third-order valence-electron chi connectivity index (χ3n) is 3.69. The summed E-state index contributed by atoms with van der Waals surface area (Å²) in [4.78, 5) is 6.57. The highest BCUT2D eigenvalue weighted by Gasteiger charge is 2.11. The maximum atomic E-state index is 5.71. The lowest BCUT2D eigenvalue weighted by Crippen LogP contribution is -2.17. The normalized spacial score (nSPS) is 10.8. The molecule has 3 nitrogen and oxygen atoms in total. The number of aromatic nitrogens is 1. The van der Waals surface area contributed by atoms with Gasteiger partial charge in [0.05, 0.1) is 5.69 Å². The zero-order valence-corrected chi connectivity index (χ0v) is 12.2. The summed E-state index contributed by atoms with van der Waals surface area (Å²) < 4.78 is 0. The number of rotatable bonds is 4. The summed E-state index contributed by atoms with van der Waals surface area (Å²) in [7, 11) is 0. The SMILES string of the molecule is CCN(c1ccnc(CN)c1)c1cccc2ccccc12. The summed E-state index contributed by atoms with van der Waals surface area (Å²) in [6.45, 7) is 3.51. The fourth-order valence-corrected chi connectivity index (χ4v) is 2.68. The van der Waals surface area contributed by atoms with Gasteiger partial charge in [0.15, 0.2) is 0 Å².